The summed E-state index contributed by atoms with van der Waals surface area (Å²) in [7, 11) is 0. The fourth-order valence-electron chi connectivity index (χ4n) is 2.83. The number of anilines is 1. The predicted octanol–water partition coefficient (Wildman–Crippen LogP) is 3.72. The average molecular weight is 355 g/mol. The summed E-state index contributed by atoms with van der Waals surface area (Å²) in [4.78, 5) is 21.5. The molecule has 1 N–H and O–H groups in total. The third kappa shape index (κ3) is 3.00. The van der Waals surface area contributed by atoms with Gasteiger partial charge in [-0.3, -0.25) is 9.78 Å². The van der Waals surface area contributed by atoms with Crippen molar-refractivity contribution in [2.24, 2.45) is 0 Å². The maximum Gasteiger partial charge on any atom is 0.262 e. The highest BCUT2D eigenvalue weighted by molar-refractivity contribution is 6.08. The van der Waals surface area contributed by atoms with E-state index in [1.54, 1.807) is 43.5 Å². The number of aromatic nitrogens is 3. The van der Waals surface area contributed by atoms with Gasteiger partial charge in [0, 0.05) is 11.6 Å². The summed E-state index contributed by atoms with van der Waals surface area (Å²) in [6, 6.07) is 16.3. The van der Waals surface area contributed by atoms with E-state index in [-0.39, 0.29) is 11.4 Å². The van der Waals surface area contributed by atoms with E-state index >= 15 is 0 Å². The number of benzene rings is 1. The van der Waals surface area contributed by atoms with Crippen LogP contribution >= 0.6 is 0 Å². The van der Waals surface area contributed by atoms with Crippen LogP contribution in [0.15, 0.2) is 59.3 Å². The summed E-state index contributed by atoms with van der Waals surface area (Å²) in [6.07, 6.45) is 1.62. The van der Waals surface area contributed by atoms with E-state index in [0.717, 1.165) is 5.39 Å². The number of nitriles is 1. The minimum Gasteiger partial charge on any atom is -0.360 e. The maximum absolute atomic E-state index is 12.9. The number of amides is 1. The number of aryl methyl sites for hydroxylation is 1. The zero-order chi connectivity index (χ0) is 18.8. The Labute approximate surface area is 154 Å². The van der Waals surface area contributed by atoms with Crippen LogP contribution in [0.2, 0.25) is 0 Å². The van der Waals surface area contributed by atoms with Gasteiger partial charge in [0.05, 0.1) is 22.8 Å². The lowest BCUT2D eigenvalue weighted by molar-refractivity contribution is 0.102. The molecule has 0 unspecified atom stereocenters. The molecule has 1 amide bonds. The Hall–Kier alpha value is -4.05. The molecule has 0 aliphatic rings. The van der Waals surface area contributed by atoms with Crippen molar-refractivity contribution in [3.8, 4) is 17.5 Å². The number of rotatable bonds is 3. The number of carbonyl (C=O) groups is 1. The first-order valence-electron chi connectivity index (χ1n) is 8.16. The standard InChI is InChI=1S/C20H13N5O2/c1-12-18(19(25-27-12)16-8-4-5-9-22-16)20(26)24-17-10-13(11-21)14-6-2-3-7-15(14)23-17/h2-10H,1H3,(H,23,24,26). The molecule has 27 heavy (non-hydrogen) atoms. The van der Waals surface area contributed by atoms with Crippen LogP contribution in [0.3, 0.4) is 0 Å². The highest BCUT2D eigenvalue weighted by atomic mass is 16.5. The molecule has 130 valence electrons. The predicted molar refractivity (Wildman–Crippen MR) is 98.9 cm³/mol. The van der Waals surface area contributed by atoms with Gasteiger partial charge in [-0.1, -0.05) is 29.4 Å². The van der Waals surface area contributed by atoms with Gasteiger partial charge in [-0.25, -0.2) is 4.98 Å². The molecule has 3 aromatic heterocycles. The Bertz CT molecular complexity index is 1190. The van der Waals surface area contributed by atoms with Gasteiger partial charge >= 0.3 is 0 Å². The summed E-state index contributed by atoms with van der Waals surface area (Å²) in [5.41, 5.74) is 2.22. The van der Waals surface area contributed by atoms with Crippen molar-refractivity contribution in [1.29, 1.82) is 5.26 Å². The number of hydrogen-bond acceptors (Lipinski definition) is 6. The van der Waals surface area contributed by atoms with E-state index in [0.29, 0.717) is 28.2 Å². The van der Waals surface area contributed by atoms with Crippen molar-refractivity contribution in [1.82, 2.24) is 15.1 Å². The lowest BCUT2D eigenvalue weighted by Crippen LogP contribution is -2.15. The fraction of sp³-hybridized carbons (Fsp3) is 0.0500. The quantitative estimate of drug-likeness (QED) is 0.600. The number of hydrogen-bond donors (Lipinski definition) is 1. The van der Waals surface area contributed by atoms with E-state index < -0.39 is 5.91 Å². The van der Waals surface area contributed by atoms with Gasteiger partial charge in [0.15, 0.2) is 0 Å². The largest absolute Gasteiger partial charge is 0.360 e. The number of nitrogens with zero attached hydrogens (tertiary/aromatic N) is 4. The Kier molecular flexibility index (Phi) is 4.07. The van der Waals surface area contributed by atoms with Gasteiger partial charge < -0.3 is 9.84 Å². The van der Waals surface area contributed by atoms with Gasteiger partial charge in [-0.15, -0.1) is 0 Å². The minimum absolute atomic E-state index is 0.280. The van der Waals surface area contributed by atoms with Gasteiger partial charge in [0.1, 0.15) is 22.8 Å². The van der Waals surface area contributed by atoms with Crippen LogP contribution in [-0.4, -0.2) is 21.0 Å². The van der Waals surface area contributed by atoms with E-state index in [1.165, 1.54) is 0 Å². The maximum atomic E-state index is 12.9. The zero-order valence-electron chi connectivity index (χ0n) is 14.3. The van der Waals surface area contributed by atoms with Crippen LogP contribution in [0, 0.1) is 18.3 Å². The van der Waals surface area contributed by atoms with Crippen LogP contribution in [0.5, 0.6) is 0 Å². The monoisotopic (exact) mass is 355 g/mol. The number of fused-ring (bicyclic) bond motifs is 1. The van der Waals surface area contributed by atoms with Crippen LogP contribution in [0.1, 0.15) is 21.7 Å². The van der Waals surface area contributed by atoms with Crippen LogP contribution < -0.4 is 5.32 Å². The second-order valence-corrected chi connectivity index (χ2v) is 5.82. The number of para-hydroxylation sites is 1. The molecule has 0 fully saturated rings. The Morgan fingerprint density at radius 3 is 2.78 bits per heavy atom. The van der Waals surface area contributed by atoms with Crippen LogP contribution in [-0.2, 0) is 0 Å². The van der Waals surface area contributed by atoms with Gasteiger partial charge in [-0.05, 0) is 31.2 Å². The molecule has 0 spiro atoms. The SMILES string of the molecule is Cc1onc(-c2ccccn2)c1C(=O)Nc1cc(C#N)c2ccccc2n1. The van der Waals surface area contributed by atoms with E-state index in [4.69, 9.17) is 4.52 Å². The Morgan fingerprint density at radius 2 is 2.00 bits per heavy atom. The molecule has 0 bridgehead atoms. The molecule has 4 rings (SSSR count). The van der Waals surface area contributed by atoms with Gasteiger partial charge in [0.2, 0.25) is 0 Å². The van der Waals surface area contributed by atoms with Crippen molar-refractivity contribution < 1.29 is 9.32 Å². The highest BCUT2D eigenvalue weighted by Gasteiger charge is 2.23. The number of nitrogens with one attached hydrogen (secondary N) is 1. The molecule has 0 saturated carbocycles. The Balaban J connectivity index is 1.73. The second kappa shape index (κ2) is 6.69. The molecule has 3 heterocycles. The first kappa shape index (κ1) is 16.4. The zero-order valence-corrected chi connectivity index (χ0v) is 14.3. The second-order valence-electron chi connectivity index (χ2n) is 5.82. The lowest BCUT2D eigenvalue weighted by atomic mass is 10.1. The van der Waals surface area contributed by atoms with E-state index in [2.05, 4.69) is 26.5 Å². The summed E-state index contributed by atoms with van der Waals surface area (Å²) in [5.74, 6) is 0.221. The van der Waals surface area contributed by atoms with Crippen molar-refractivity contribution in [3.63, 3.8) is 0 Å². The molecule has 4 aromatic rings. The molecule has 0 aliphatic heterocycles. The minimum atomic E-state index is -0.430. The van der Waals surface area contributed by atoms with Gasteiger partial charge in [-0.2, -0.15) is 5.26 Å². The summed E-state index contributed by atoms with van der Waals surface area (Å²) < 4.78 is 5.20. The van der Waals surface area contributed by atoms with Crippen LogP contribution in [0.25, 0.3) is 22.3 Å². The molecule has 0 atom stereocenters. The lowest BCUT2D eigenvalue weighted by Gasteiger charge is -2.07. The molecule has 0 radical (unpaired) electrons. The molecular weight excluding hydrogens is 342 g/mol. The van der Waals surface area contributed by atoms with Gasteiger partial charge in [0.25, 0.3) is 5.91 Å². The summed E-state index contributed by atoms with van der Waals surface area (Å²) >= 11 is 0. The Morgan fingerprint density at radius 1 is 1.19 bits per heavy atom. The summed E-state index contributed by atoms with van der Waals surface area (Å²) in [6.45, 7) is 1.66. The molecule has 0 saturated heterocycles. The van der Waals surface area contributed by atoms with Crippen LogP contribution in [0.4, 0.5) is 5.82 Å². The van der Waals surface area contributed by atoms with Crippen molar-refractivity contribution in [3.05, 3.63) is 71.6 Å². The number of carbonyl (C=O) groups excluding carboxylic acids is 1. The first-order valence-corrected chi connectivity index (χ1v) is 8.16. The topological polar surface area (TPSA) is 105 Å². The fourth-order valence-corrected chi connectivity index (χ4v) is 2.83. The summed E-state index contributed by atoms with van der Waals surface area (Å²) in [5, 5.41) is 16.8. The average Bonchev–Trinajstić information content (AvgIpc) is 3.09. The molecular formula is C20H13N5O2. The smallest absolute Gasteiger partial charge is 0.262 e. The van der Waals surface area contributed by atoms with E-state index in [1.807, 2.05) is 18.2 Å². The first-order chi connectivity index (χ1) is 13.2. The van der Waals surface area contributed by atoms with E-state index in [9.17, 15) is 10.1 Å². The number of pyridine rings is 2. The molecule has 0 aliphatic carbocycles. The molecule has 1 aromatic carbocycles. The van der Waals surface area contributed by atoms with Crippen molar-refractivity contribution >= 4 is 22.6 Å². The van der Waals surface area contributed by atoms with Crippen molar-refractivity contribution in [2.45, 2.75) is 6.92 Å². The third-order valence-corrected chi connectivity index (χ3v) is 4.08. The molecule has 7 heteroatoms. The highest BCUT2D eigenvalue weighted by Crippen LogP contribution is 2.25. The molecule has 7 nitrogen and oxygen atoms in total. The normalized spacial score (nSPS) is 10.5. The van der Waals surface area contributed by atoms with Crippen molar-refractivity contribution in [2.75, 3.05) is 5.32 Å². The third-order valence-electron chi connectivity index (χ3n) is 4.08.